The lowest BCUT2D eigenvalue weighted by molar-refractivity contribution is -0.276. The smallest absolute Gasteiger partial charge is 0.399 e. The van der Waals surface area contributed by atoms with Crippen LogP contribution in [0.25, 0.3) is 0 Å². The second kappa shape index (κ2) is 11.9. The van der Waals surface area contributed by atoms with E-state index < -0.39 is 23.7 Å². The largest absolute Gasteiger partial charge is 0.573 e. The van der Waals surface area contributed by atoms with Gasteiger partial charge in [-0.25, -0.2) is 8.78 Å². The van der Waals surface area contributed by atoms with Crippen molar-refractivity contribution in [1.82, 2.24) is 0 Å². The first kappa shape index (κ1) is 25.6. The maximum Gasteiger partial charge on any atom is 0.573 e. The summed E-state index contributed by atoms with van der Waals surface area (Å²) in [6.45, 7) is 2.30. The molecule has 1 aromatic carbocycles. The lowest BCUT2D eigenvalue weighted by Crippen LogP contribution is -2.19. The molecule has 1 aromatic rings. The van der Waals surface area contributed by atoms with E-state index in [1.165, 1.54) is 57.8 Å². The zero-order valence-corrected chi connectivity index (χ0v) is 19.2. The fourth-order valence-electron chi connectivity index (χ4n) is 5.22. The Morgan fingerprint density at radius 3 is 1.91 bits per heavy atom. The van der Waals surface area contributed by atoms with Gasteiger partial charge in [-0.3, -0.25) is 0 Å². The van der Waals surface area contributed by atoms with E-state index >= 15 is 0 Å². The Hall–Kier alpha value is -2.03. The minimum absolute atomic E-state index is 0.0409. The molecule has 0 amide bonds. The number of ether oxygens (including phenoxy) is 1. The van der Waals surface area contributed by atoms with Crippen molar-refractivity contribution in [2.24, 2.45) is 23.7 Å². The molecule has 182 valence electrons. The first-order valence-electron chi connectivity index (χ1n) is 12.2. The third kappa shape index (κ3) is 8.36. The molecule has 3 rings (SSSR count). The Morgan fingerprint density at radius 1 is 0.879 bits per heavy atom. The quantitative estimate of drug-likeness (QED) is 0.300. The monoisotopic (exact) mass is 468 g/mol. The molecule has 2 aliphatic carbocycles. The van der Waals surface area contributed by atoms with Crippen LogP contribution < -0.4 is 4.74 Å². The van der Waals surface area contributed by atoms with Gasteiger partial charge in [-0.05, 0) is 67.6 Å². The van der Waals surface area contributed by atoms with E-state index in [2.05, 4.69) is 23.5 Å². The van der Waals surface area contributed by atoms with Gasteiger partial charge < -0.3 is 4.74 Å². The highest BCUT2D eigenvalue weighted by atomic mass is 19.4. The molecule has 2 saturated carbocycles. The summed E-state index contributed by atoms with van der Waals surface area (Å²) in [6, 6.07) is 1.48. The minimum atomic E-state index is -5.16. The van der Waals surface area contributed by atoms with Crippen LogP contribution in [-0.4, -0.2) is 6.36 Å². The maximum absolute atomic E-state index is 13.7. The van der Waals surface area contributed by atoms with Crippen molar-refractivity contribution in [3.8, 4) is 17.6 Å². The summed E-state index contributed by atoms with van der Waals surface area (Å²) < 4.78 is 67.5. The van der Waals surface area contributed by atoms with E-state index in [-0.39, 0.29) is 5.56 Å². The van der Waals surface area contributed by atoms with E-state index in [9.17, 15) is 22.0 Å². The molecule has 6 heteroatoms. The van der Waals surface area contributed by atoms with Crippen molar-refractivity contribution in [3.05, 3.63) is 41.5 Å². The average molecular weight is 469 g/mol. The lowest BCUT2D eigenvalue weighted by atomic mass is 9.75. The number of rotatable bonds is 6. The number of benzene rings is 1. The first-order chi connectivity index (χ1) is 15.7. The molecule has 2 aliphatic rings. The zero-order chi connectivity index (χ0) is 23.8. The molecule has 0 aliphatic heterocycles. The third-order valence-corrected chi connectivity index (χ3v) is 7.30. The highest BCUT2D eigenvalue weighted by Gasteiger charge is 2.34. The van der Waals surface area contributed by atoms with Gasteiger partial charge in [-0.2, -0.15) is 0 Å². The van der Waals surface area contributed by atoms with Gasteiger partial charge in [0.1, 0.15) is 0 Å². The molecule has 0 atom stereocenters. The predicted molar refractivity (Wildman–Crippen MR) is 119 cm³/mol. The number of halogens is 5. The van der Waals surface area contributed by atoms with Gasteiger partial charge in [-0.1, -0.05) is 69.8 Å². The van der Waals surface area contributed by atoms with Crippen LogP contribution in [0.5, 0.6) is 5.75 Å². The molecule has 0 heterocycles. The second-order valence-electron chi connectivity index (χ2n) is 9.60. The predicted octanol–water partition coefficient (Wildman–Crippen LogP) is 8.57. The van der Waals surface area contributed by atoms with Crippen molar-refractivity contribution in [2.75, 3.05) is 0 Å². The Labute approximate surface area is 193 Å². The lowest BCUT2D eigenvalue weighted by Gasteiger charge is -2.31. The van der Waals surface area contributed by atoms with Crippen LogP contribution >= 0.6 is 0 Å². The second-order valence-corrected chi connectivity index (χ2v) is 9.60. The van der Waals surface area contributed by atoms with Crippen molar-refractivity contribution >= 4 is 0 Å². The molecule has 0 spiro atoms. The first-order valence-corrected chi connectivity index (χ1v) is 12.2. The van der Waals surface area contributed by atoms with E-state index in [4.69, 9.17) is 0 Å². The third-order valence-electron chi connectivity index (χ3n) is 7.30. The number of hydrogen-bond acceptors (Lipinski definition) is 1. The molecule has 33 heavy (non-hydrogen) atoms. The standard InChI is InChI=1S/C27H33F5O/c1-2-19-7-9-21(10-8-19)15-16-22-13-11-20(12-14-22)5-3-4-6-23-17-24(28)26(25(29)18-23)33-27(30,31)32/h3,5,17-22H,2,7-16H2,1H3. The van der Waals surface area contributed by atoms with Gasteiger partial charge in [0.25, 0.3) is 0 Å². The molecular weight excluding hydrogens is 435 g/mol. The van der Waals surface area contributed by atoms with Crippen molar-refractivity contribution in [2.45, 2.75) is 83.9 Å². The summed E-state index contributed by atoms with van der Waals surface area (Å²) >= 11 is 0. The van der Waals surface area contributed by atoms with E-state index in [0.29, 0.717) is 5.92 Å². The van der Waals surface area contributed by atoms with Gasteiger partial charge >= 0.3 is 6.36 Å². The molecular formula is C27H33F5O. The van der Waals surface area contributed by atoms with Crippen LogP contribution in [0.4, 0.5) is 22.0 Å². The van der Waals surface area contributed by atoms with Crippen LogP contribution in [0.3, 0.4) is 0 Å². The van der Waals surface area contributed by atoms with Gasteiger partial charge in [-0.15, -0.1) is 13.2 Å². The summed E-state index contributed by atoms with van der Waals surface area (Å²) in [5, 5.41) is 0. The fourth-order valence-corrected chi connectivity index (χ4v) is 5.22. The molecule has 0 N–H and O–H groups in total. The molecule has 1 nitrogen and oxygen atoms in total. The van der Waals surface area contributed by atoms with Crippen molar-refractivity contribution in [3.63, 3.8) is 0 Å². The van der Waals surface area contributed by atoms with Gasteiger partial charge in [0.15, 0.2) is 11.6 Å². The zero-order valence-electron chi connectivity index (χ0n) is 19.2. The number of allylic oxidation sites excluding steroid dienone is 2. The Balaban J connectivity index is 1.41. The average Bonchev–Trinajstić information content (AvgIpc) is 2.78. The van der Waals surface area contributed by atoms with E-state index in [1.807, 2.05) is 6.08 Å². The summed E-state index contributed by atoms with van der Waals surface area (Å²) in [5.41, 5.74) is -0.0409. The molecule has 0 bridgehead atoms. The molecule has 0 unspecified atom stereocenters. The van der Waals surface area contributed by atoms with Gasteiger partial charge in [0, 0.05) is 5.56 Å². The Morgan fingerprint density at radius 2 is 1.39 bits per heavy atom. The highest BCUT2D eigenvalue weighted by molar-refractivity contribution is 5.42. The minimum Gasteiger partial charge on any atom is -0.399 e. The number of hydrogen-bond donors (Lipinski definition) is 0. The summed E-state index contributed by atoms with van der Waals surface area (Å²) in [7, 11) is 0. The maximum atomic E-state index is 13.7. The molecule has 0 radical (unpaired) electrons. The van der Waals surface area contributed by atoms with E-state index in [1.54, 1.807) is 6.08 Å². The van der Waals surface area contributed by atoms with Crippen molar-refractivity contribution in [1.29, 1.82) is 0 Å². The summed E-state index contributed by atoms with van der Waals surface area (Å²) in [4.78, 5) is 0. The van der Waals surface area contributed by atoms with Gasteiger partial charge in [0.2, 0.25) is 5.75 Å². The normalized spacial score (nSPS) is 26.1. The fraction of sp³-hybridized carbons (Fsp3) is 0.630. The SMILES string of the molecule is CCC1CCC(CCC2CCC(C=CC#Cc3cc(F)c(OC(F)(F)F)c(F)c3)CC2)CC1. The van der Waals surface area contributed by atoms with Crippen LogP contribution in [0.2, 0.25) is 0 Å². The molecule has 0 saturated heterocycles. The van der Waals surface area contributed by atoms with Crippen LogP contribution in [0.1, 0.15) is 83.1 Å². The van der Waals surface area contributed by atoms with Crippen molar-refractivity contribution < 1.29 is 26.7 Å². The summed E-state index contributed by atoms with van der Waals surface area (Å²) in [5.74, 6) is 4.11. The number of alkyl halides is 3. The van der Waals surface area contributed by atoms with Crippen LogP contribution in [0, 0.1) is 47.1 Å². The molecule has 0 aromatic heterocycles. The van der Waals surface area contributed by atoms with Crippen LogP contribution in [-0.2, 0) is 0 Å². The Kier molecular flexibility index (Phi) is 9.23. The summed E-state index contributed by atoms with van der Waals surface area (Å²) in [6.07, 6.45) is 12.9. The van der Waals surface area contributed by atoms with E-state index in [0.717, 1.165) is 42.7 Å². The van der Waals surface area contributed by atoms with Crippen LogP contribution in [0.15, 0.2) is 24.3 Å². The van der Waals surface area contributed by atoms with Gasteiger partial charge in [0.05, 0.1) is 0 Å². The topological polar surface area (TPSA) is 9.23 Å². The Bertz CT molecular complexity index is 824. The molecule has 2 fully saturated rings. The highest BCUT2D eigenvalue weighted by Crippen LogP contribution is 2.37.